The third-order valence-electron chi connectivity index (χ3n) is 7.13. The number of aromatic carboxylic acids is 2. The Bertz CT molecular complexity index is 1790. The molecule has 40 heavy (non-hydrogen) atoms. The lowest BCUT2D eigenvalue weighted by Gasteiger charge is -2.16. The van der Waals surface area contributed by atoms with Crippen LogP contribution in [0.4, 0.5) is 0 Å². The van der Waals surface area contributed by atoms with Crippen LogP contribution >= 0.6 is 0 Å². The van der Waals surface area contributed by atoms with Gasteiger partial charge in [-0.15, -0.1) is 0 Å². The fourth-order valence-electron chi connectivity index (χ4n) is 5.19. The predicted octanol–water partition coefficient (Wildman–Crippen LogP) is 3.49. The first kappa shape index (κ1) is 25.1. The Morgan fingerprint density at radius 3 is 2.42 bits per heavy atom. The van der Waals surface area contributed by atoms with Crippen molar-refractivity contribution in [2.75, 3.05) is 13.1 Å². The van der Waals surface area contributed by atoms with Crippen molar-refractivity contribution >= 4 is 23.1 Å². The first-order valence-electron chi connectivity index (χ1n) is 12.7. The van der Waals surface area contributed by atoms with Crippen LogP contribution in [0.1, 0.15) is 38.9 Å². The molecule has 1 saturated heterocycles. The molecule has 0 saturated carbocycles. The maximum Gasteiger partial charge on any atom is 0.335 e. The molecule has 1 fully saturated rings. The summed E-state index contributed by atoms with van der Waals surface area (Å²) in [5, 5.41) is 18.4. The molecule has 200 valence electrons. The Kier molecular flexibility index (Phi) is 6.40. The van der Waals surface area contributed by atoms with Crippen molar-refractivity contribution in [2.45, 2.75) is 19.0 Å². The smallest absolute Gasteiger partial charge is 0.335 e. The molecule has 0 unspecified atom stereocenters. The number of carbonyl (C=O) groups is 2. The summed E-state index contributed by atoms with van der Waals surface area (Å²) >= 11 is 0. The van der Waals surface area contributed by atoms with E-state index >= 15 is 0 Å². The van der Waals surface area contributed by atoms with Gasteiger partial charge < -0.3 is 10.2 Å². The number of benzene rings is 1. The molecular formula is C29H24N6O5. The highest BCUT2D eigenvalue weighted by molar-refractivity contribution is 5.88. The van der Waals surface area contributed by atoms with Gasteiger partial charge in [-0.05, 0) is 55.0 Å². The maximum absolute atomic E-state index is 13.8. The molecule has 11 nitrogen and oxygen atoms in total. The van der Waals surface area contributed by atoms with Crippen LogP contribution in [-0.4, -0.2) is 64.2 Å². The number of likely N-dealkylation sites (tertiary alicyclic amines) is 1. The Balaban J connectivity index is 1.28. The molecule has 0 bridgehead atoms. The predicted molar refractivity (Wildman–Crippen MR) is 146 cm³/mol. The van der Waals surface area contributed by atoms with E-state index in [-0.39, 0.29) is 22.9 Å². The Hall–Kier alpha value is -5.16. The fourth-order valence-corrected chi connectivity index (χ4v) is 5.19. The Morgan fingerprint density at radius 2 is 1.70 bits per heavy atom. The van der Waals surface area contributed by atoms with Crippen molar-refractivity contribution in [3.05, 3.63) is 107 Å². The molecule has 1 aromatic carbocycles. The quantitative estimate of drug-likeness (QED) is 0.319. The zero-order valence-corrected chi connectivity index (χ0v) is 21.2. The molecule has 0 aliphatic carbocycles. The van der Waals surface area contributed by atoms with Gasteiger partial charge in [0, 0.05) is 37.6 Å². The van der Waals surface area contributed by atoms with Gasteiger partial charge in [-0.1, -0.05) is 12.1 Å². The van der Waals surface area contributed by atoms with E-state index in [4.69, 9.17) is 5.11 Å². The van der Waals surface area contributed by atoms with Gasteiger partial charge in [0.15, 0.2) is 5.65 Å². The van der Waals surface area contributed by atoms with Crippen LogP contribution in [0.25, 0.3) is 28.1 Å². The van der Waals surface area contributed by atoms with Crippen LogP contribution in [0.3, 0.4) is 0 Å². The number of imidazole rings is 1. The first-order valence-corrected chi connectivity index (χ1v) is 12.7. The van der Waals surface area contributed by atoms with Gasteiger partial charge in [0.25, 0.3) is 0 Å². The number of hydrogen-bond donors (Lipinski definition) is 2. The average molecular weight is 537 g/mol. The number of hydrogen-bond acceptors (Lipinski definition) is 7. The zero-order chi connectivity index (χ0) is 27.8. The number of carboxylic acids is 2. The van der Waals surface area contributed by atoms with Gasteiger partial charge in [0.2, 0.25) is 0 Å². The van der Waals surface area contributed by atoms with Crippen molar-refractivity contribution in [2.24, 2.45) is 0 Å². The topological polar surface area (TPSA) is 143 Å². The third-order valence-corrected chi connectivity index (χ3v) is 7.13. The largest absolute Gasteiger partial charge is 0.478 e. The van der Waals surface area contributed by atoms with E-state index in [1.54, 1.807) is 51.9 Å². The van der Waals surface area contributed by atoms with Gasteiger partial charge in [-0.2, -0.15) is 0 Å². The molecule has 6 rings (SSSR count). The molecule has 1 aliphatic heterocycles. The fraction of sp³-hybridized carbons (Fsp3) is 0.172. The maximum atomic E-state index is 13.8. The summed E-state index contributed by atoms with van der Waals surface area (Å²) < 4.78 is 3.34. The van der Waals surface area contributed by atoms with E-state index in [1.807, 2.05) is 12.1 Å². The standard InChI is InChI=1S/C29H24N6O5/c36-27(37)19-5-3-18(4-6-19)24-8-7-22(15-32-24)34-25-2-1-11-31-26(25)35(29(34)40)23-10-13-33(17-23)16-21-14-20(28(38)39)9-12-30-21/h1-9,11-12,14-15,23H,10,13,16-17H2,(H,36,37)(H,38,39)/t23-/m0/s1. The van der Waals surface area contributed by atoms with Crippen LogP contribution < -0.4 is 5.69 Å². The van der Waals surface area contributed by atoms with Gasteiger partial charge in [0.1, 0.15) is 0 Å². The second kappa shape index (κ2) is 10.2. The van der Waals surface area contributed by atoms with Crippen molar-refractivity contribution in [3.8, 4) is 16.9 Å². The number of carboxylic acid groups (broad SMARTS) is 2. The molecule has 1 aliphatic rings. The summed E-state index contributed by atoms with van der Waals surface area (Å²) in [5.41, 5.74) is 4.11. The zero-order valence-electron chi connectivity index (χ0n) is 21.2. The summed E-state index contributed by atoms with van der Waals surface area (Å²) in [4.78, 5) is 51.8. The molecule has 0 radical (unpaired) electrons. The van der Waals surface area contributed by atoms with Crippen LogP contribution in [0.15, 0.2) is 84.0 Å². The van der Waals surface area contributed by atoms with Crippen molar-refractivity contribution < 1.29 is 19.8 Å². The third kappa shape index (κ3) is 4.63. The lowest BCUT2D eigenvalue weighted by molar-refractivity contribution is 0.0686. The molecule has 4 aromatic heterocycles. The lowest BCUT2D eigenvalue weighted by Crippen LogP contribution is -2.29. The van der Waals surface area contributed by atoms with Crippen molar-refractivity contribution in [1.29, 1.82) is 0 Å². The molecule has 11 heteroatoms. The van der Waals surface area contributed by atoms with Crippen molar-refractivity contribution in [1.82, 2.24) is 29.0 Å². The van der Waals surface area contributed by atoms with Gasteiger partial charge in [-0.3, -0.25) is 24.0 Å². The monoisotopic (exact) mass is 536 g/mol. The minimum Gasteiger partial charge on any atom is -0.478 e. The number of nitrogens with zero attached hydrogens (tertiary/aromatic N) is 6. The number of aromatic nitrogens is 5. The lowest BCUT2D eigenvalue weighted by atomic mass is 10.1. The molecular weight excluding hydrogens is 512 g/mol. The Labute approximate surface area is 227 Å². The highest BCUT2D eigenvalue weighted by Gasteiger charge is 2.29. The van der Waals surface area contributed by atoms with Gasteiger partial charge >= 0.3 is 17.6 Å². The van der Waals surface area contributed by atoms with Gasteiger partial charge in [-0.25, -0.2) is 19.4 Å². The minimum absolute atomic E-state index is 0.117. The summed E-state index contributed by atoms with van der Waals surface area (Å²) in [7, 11) is 0. The molecule has 5 heterocycles. The minimum atomic E-state index is -0.994. The number of rotatable bonds is 7. The Morgan fingerprint density at radius 1 is 0.900 bits per heavy atom. The average Bonchev–Trinajstić information content (AvgIpc) is 3.54. The van der Waals surface area contributed by atoms with E-state index < -0.39 is 11.9 Å². The first-order chi connectivity index (χ1) is 19.4. The second-order valence-corrected chi connectivity index (χ2v) is 9.64. The SMILES string of the molecule is O=C(O)c1ccc(-c2ccc(-n3c(=O)n([C@H]4CCN(Cc5cc(C(=O)O)ccn5)C4)c4ncccc43)cn2)cc1. The highest BCUT2D eigenvalue weighted by Crippen LogP contribution is 2.27. The van der Waals surface area contributed by atoms with E-state index in [2.05, 4.69) is 19.9 Å². The van der Waals surface area contributed by atoms with E-state index in [9.17, 15) is 19.5 Å². The highest BCUT2D eigenvalue weighted by atomic mass is 16.4. The van der Waals surface area contributed by atoms with Crippen LogP contribution in [0.2, 0.25) is 0 Å². The summed E-state index contributed by atoms with van der Waals surface area (Å²) in [6.45, 7) is 1.81. The van der Waals surface area contributed by atoms with E-state index in [0.717, 1.165) is 18.5 Å². The van der Waals surface area contributed by atoms with E-state index in [0.29, 0.717) is 41.3 Å². The van der Waals surface area contributed by atoms with Crippen LogP contribution in [0, 0.1) is 0 Å². The summed E-state index contributed by atoms with van der Waals surface area (Å²) in [6.07, 6.45) is 5.52. The molecule has 0 spiro atoms. The molecule has 2 N–H and O–H groups in total. The number of fused-ring (bicyclic) bond motifs is 1. The summed E-state index contributed by atoms with van der Waals surface area (Å²) in [6, 6.07) is 16.6. The van der Waals surface area contributed by atoms with Crippen molar-refractivity contribution in [3.63, 3.8) is 0 Å². The molecule has 1 atom stereocenters. The molecule has 5 aromatic rings. The summed E-state index contributed by atoms with van der Waals surface area (Å²) in [5.74, 6) is -1.99. The van der Waals surface area contributed by atoms with Gasteiger partial charge in [0.05, 0.1) is 46.0 Å². The van der Waals surface area contributed by atoms with Crippen LogP contribution in [-0.2, 0) is 6.54 Å². The normalized spacial score (nSPS) is 15.4. The van der Waals surface area contributed by atoms with Crippen LogP contribution in [0.5, 0.6) is 0 Å². The second-order valence-electron chi connectivity index (χ2n) is 9.64. The van der Waals surface area contributed by atoms with E-state index in [1.165, 1.54) is 24.4 Å². The molecule has 0 amide bonds. The number of pyridine rings is 3.